The number of nitrogens with one attached hydrogen (secondary N) is 1. The Morgan fingerprint density at radius 1 is 1.08 bits per heavy atom. The fourth-order valence-corrected chi connectivity index (χ4v) is 3.04. The monoisotopic (exact) mass is 324 g/mol. The third kappa shape index (κ3) is 3.91. The topological polar surface area (TPSA) is 58.1 Å². The van der Waals surface area contributed by atoms with Crippen LogP contribution in [0, 0.1) is 13.8 Å². The molecule has 0 saturated carbocycles. The Hall–Kier alpha value is -2.43. The zero-order chi connectivity index (χ0) is 16.9. The van der Waals surface area contributed by atoms with Crippen LogP contribution in [0.5, 0.6) is 0 Å². The molecule has 0 unspecified atom stereocenters. The van der Waals surface area contributed by atoms with Crippen molar-refractivity contribution in [1.82, 2.24) is 9.97 Å². The molecule has 126 valence electrons. The molecule has 1 amide bonds. The van der Waals surface area contributed by atoms with Crippen LogP contribution in [0.4, 0.5) is 11.6 Å². The van der Waals surface area contributed by atoms with Gasteiger partial charge < -0.3 is 10.2 Å². The molecule has 1 aromatic carbocycles. The second kappa shape index (κ2) is 7.43. The van der Waals surface area contributed by atoms with Gasteiger partial charge in [0.2, 0.25) is 11.9 Å². The van der Waals surface area contributed by atoms with Gasteiger partial charge in [-0.2, -0.15) is 0 Å². The van der Waals surface area contributed by atoms with Crippen LogP contribution < -0.4 is 10.2 Å². The lowest BCUT2D eigenvalue weighted by Crippen LogP contribution is -2.22. The van der Waals surface area contributed by atoms with Crippen molar-refractivity contribution in [2.45, 2.75) is 39.5 Å². The van der Waals surface area contributed by atoms with Crippen molar-refractivity contribution in [1.29, 1.82) is 0 Å². The second-order valence-electron chi connectivity index (χ2n) is 6.30. The summed E-state index contributed by atoms with van der Waals surface area (Å²) in [4.78, 5) is 23.6. The van der Waals surface area contributed by atoms with Crippen LogP contribution in [0.3, 0.4) is 0 Å². The zero-order valence-corrected chi connectivity index (χ0v) is 14.4. The van der Waals surface area contributed by atoms with Gasteiger partial charge in [0.05, 0.1) is 17.1 Å². The Morgan fingerprint density at radius 3 is 2.33 bits per heavy atom. The van der Waals surface area contributed by atoms with Crippen LogP contribution in [-0.4, -0.2) is 29.0 Å². The highest BCUT2D eigenvalue weighted by Crippen LogP contribution is 2.23. The first-order chi connectivity index (χ1) is 11.6. The molecule has 1 aliphatic heterocycles. The first-order valence-electron chi connectivity index (χ1n) is 8.57. The molecule has 1 aromatic heterocycles. The van der Waals surface area contributed by atoms with Gasteiger partial charge in [0.1, 0.15) is 0 Å². The Kier molecular flexibility index (Phi) is 5.08. The fourth-order valence-electron chi connectivity index (χ4n) is 3.04. The molecule has 24 heavy (non-hydrogen) atoms. The summed E-state index contributed by atoms with van der Waals surface area (Å²) in [5, 5.41) is 2.98. The maximum Gasteiger partial charge on any atom is 0.225 e. The van der Waals surface area contributed by atoms with Crippen molar-refractivity contribution in [2.75, 3.05) is 23.3 Å². The Bertz CT molecular complexity index is 686. The van der Waals surface area contributed by atoms with Gasteiger partial charge in [0.25, 0.3) is 0 Å². The van der Waals surface area contributed by atoms with Gasteiger partial charge in [0, 0.05) is 19.5 Å². The summed E-state index contributed by atoms with van der Waals surface area (Å²) in [6, 6.07) is 10.0. The van der Waals surface area contributed by atoms with Crippen molar-refractivity contribution in [3.05, 3.63) is 47.3 Å². The molecule has 1 aliphatic rings. The Morgan fingerprint density at radius 2 is 1.71 bits per heavy atom. The van der Waals surface area contributed by atoms with E-state index in [0.29, 0.717) is 6.42 Å². The largest absolute Gasteiger partial charge is 0.341 e. The average molecular weight is 324 g/mol. The smallest absolute Gasteiger partial charge is 0.225 e. The quantitative estimate of drug-likeness (QED) is 0.917. The number of hydrogen-bond donors (Lipinski definition) is 1. The predicted octanol–water partition coefficient (Wildman–Crippen LogP) is 3.26. The highest BCUT2D eigenvalue weighted by atomic mass is 16.1. The van der Waals surface area contributed by atoms with E-state index in [0.717, 1.165) is 42.5 Å². The minimum absolute atomic E-state index is 0.00238. The number of hydrogen-bond acceptors (Lipinski definition) is 4. The van der Waals surface area contributed by atoms with Crippen molar-refractivity contribution < 1.29 is 4.79 Å². The van der Waals surface area contributed by atoms with Crippen LogP contribution in [0.1, 0.15) is 36.2 Å². The van der Waals surface area contributed by atoms with E-state index in [2.05, 4.69) is 20.2 Å². The molecule has 5 heteroatoms. The van der Waals surface area contributed by atoms with E-state index >= 15 is 0 Å². The van der Waals surface area contributed by atoms with Crippen molar-refractivity contribution in [3.63, 3.8) is 0 Å². The maximum absolute atomic E-state index is 12.3. The lowest BCUT2D eigenvalue weighted by atomic mass is 10.1. The van der Waals surface area contributed by atoms with Crippen LogP contribution in [0.25, 0.3) is 0 Å². The maximum atomic E-state index is 12.3. The lowest BCUT2D eigenvalue weighted by Gasteiger charge is -2.18. The zero-order valence-electron chi connectivity index (χ0n) is 14.4. The highest BCUT2D eigenvalue weighted by Gasteiger charge is 2.18. The molecule has 2 aromatic rings. The summed E-state index contributed by atoms with van der Waals surface area (Å²) in [5.74, 6) is 0.785. The van der Waals surface area contributed by atoms with E-state index in [1.807, 2.05) is 44.2 Å². The number of aromatic nitrogens is 2. The lowest BCUT2D eigenvalue weighted by molar-refractivity contribution is -0.116. The number of anilines is 2. The molecule has 3 rings (SSSR count). The van der Waals surface area contributed by atoms with Crippen molar-refractivity contribution in [3.8, 4) is 0 Å². The summed E-state index contributed by atoms with van der Waals surface area (Å²) in [5.41, 5.74) is 3.58. The molecule has 0 radical (unpaired) electrons. The van der Waals surface area contributed by atoms with Crippen LogP contribution in [0.2, 0.25) is 0 Å². The third-order valence-corrected chi connectivity index (χ3v) is 4.40. The van der Waals surface area contributed by atoms with Crippen LogP contribution in [0.15, 0.2) is 30.3 Å². The van der Waals surface area contributed by atoms with Crippen LogP contribution >= 0.6 is 0 Å². The second-order valence-corrected chi connectivity index (χ2v) is 6.30. The molecule has 5 nitrogen and oxygen atoms in total. The van der Waals surface area contributed by atoms with E-state index in [4.69, 9.17) is 0 Å². The minimum Gasteiger partial charge on any atom is -0.341 e. The molecule has 0 atom stereocenters. The van der Waals surface area contributed by atoms with E-state index < -0.39 is 0 Å². The van der Waals surface area contributed by atoms with Gasteiger partial charge >= 0.3 is 0 Å². The Labute approximate surface area is 143 Å². The van der Waals surface area contributed by atoms with E-state index in [1.54, 1.807) is 0 Å². The summed E-state index contributed by atoms with van der Waals surface area (Å²) < 4.78 is 0. The molecule has 0 bridgehead atoms. The molecule has 1 saturated heterocycles. The average Bonchev–Trinajstić information content (AvgIpc) is 3.11. The van der Waals surface area contributed by atoms with Crippen LogP contribution in [-0.2, 0) is 11.2 Å². The molecular formula is C19H24N4O. The molecule has 1 N–H and O–H groups in total. The molecule has 0 spiro atoms. The molecular weight excluding hydrogens is 300 g/mol. The van der Waals surface area contributed by atoms with E-state index in [9.17, 15) is 4.79 Å². The molecule has 0 aliphatic carbocycles. The van der Waals surface area contributed by atoms with E-state index in [1.165, 1.54) is 18.4 Å². The number of aryl methyl sites for hydroxylation is 3. The molecule has 2 heterocycles. The van der Waals surface area contributed by atoms with Gasteiger partial charge in [-0.25, -0.2) is 9.97 Å². The highest BCUT2D eigenvalue weighted by molar-refractivity contribution is 5.92. The number of carbonyl (C=O) groups is 1. The fraction of sp³-hybridized carbons (Fsp3) is 0.421. The van der Waals surface area contributed by atoms with Crippen molar-refractivity contribution >= 4 is 17.5 Å². The first kappa shape index (κ1) is 16.4. The first-order valence-corrected chi connectivity index (χ1v) is 8.57. The number of amides is 1. The number of carbonyl (C=O) groups excluding carboxylic acids is 1. The normalized spacial score (nSPS) is 14.0. The summed E-state index contributed by atoms with van der Waals surface area (Å²) >= 11 is 0. The van der Waals surface area contributed by atoms with Gasteiger partial charge in [0.15, 0.2) is 0 Å². The SMILES string of the molecule is Cc1nc(N2CCCC2)nc(C)c1NC(=O)CCc1ccccc1. The summed E-state index contributed by atoms with van der Waals surface area (Å²) in [6.07, 6.45) is 3.58. The predicted molar refractivity (Wildman–Crippen MR) is 96.3 cm³/mol. The van der Waals surface area contributed by atoms with Gasteiger partial charge in [-0.05, 0) is 38.7 Å². The van der Waals surface area contributed by atoms with Crippen molar-refractivity contribution in [2.24, 2.45) is 0 Å². The third-order valence-electron chi connectivity index (χ3n) is 4.40. The Balaban J connectivity index is 1.64. The number of benzene rings is 1. The van der Waals surface area contributed by atoms with Gasteiger partial charge in [-0.3, -0.25) is 4.79 Å². The number of rotatable bonds is 5. The summed E-state index contributed by atoms with van der Waals surface area (Å²) in [7, 11) is 0. The standard InChI is InChI=1S/C19H24N4O/c1-14-18(15(2)21-19(20-14)23-12-6-7-13-23)22-17(24)11-10-16-8-4-3-5-9-16/h3-5,8-9H,6-7,10-13H2,1-2H3,(H,22,24). The minimum atomic E-state index is 0.00238. The van der Waals surface area contributed by atoms with Gasteiger partial charge in [-0.15, -0.1) is 0 Å². The summed E-state index contributed by atoms with van der Waals surface area (Å²) in [6.45, 7) is 5.89. The molecule has 1 fully saturated rings. The number of nitrogens with zero attached hydrogens (tertiary/aromatic N) is 3. The van der Waals surface area contributed by atoms with Gasteiger partial charge in [-0.1, -0.05) is 30.3 Å². The van der Waals surface area contributed by atoms with E-state index in [-0.39, 0.29) is 5.91 Å².